The lowest BCUT2D eigenvalue weighted by molar-refractivity contribution is 0.521. The van der Waals surface area contributed by atoms with Gasteiger partial charge in [-0.05, 0) is 37.3 Å². The Bertz CT molecular complexity index is 516. The maximum atomic E-state index is 11.6. The van der Waals surface area contributed by atoms with Gasteiger partial charge in [0.05, 0.1) is 0 Å². The highest BCUT2D eigenvalue weighted by Gasteiger charge is 2.21. The number of anilines is 1. The van der Waals surface area contributed by atoms with Crippen LogP contribution in [0.25, 0.3) is 0 Å². The zero-order valence-corrected chi connectivity index (χ0v) is 11.4. The number of nitrogens with zero attached hydrogens (tertiary/aromatic N) is 2. The molecule has 2 N–H and O–H groups in total. The molecular weight excluding hydrogens is 250 g/mol. The number of nitrogens with two attached hydrogens (primary N) is 1. The van der Waals surface area contributed by atoms with Crippen LogP contribution in [0.5, 0.6) is 0 Å². The summed E-state index contributed by atoms with van der Waals surface area (Å²) in [5.74, 6) is 1.17. The molecule has 0 bridgehead atoms. The Morgan fingerprint density at radius 1 is 1.39 bits per heavy atom. The highest BCUT2D eigenvalue weighted by atomic mass is 32.2. The summed E-state index contributed by atoms with van der Waals surface area (Å²) in [7, 11) is -3.71. The third kappa shape index (κ3) is 3.00. The van der Waals surface area contributed by atoms with Gasteiger partial charge in [-0.2, -0.15) is 0 Å². The van der Waals surface area contributed by atoms with Crippen LogP contribution in [-0.4, -0.2) is 26.5 Å². The van der Waals surface area contributed by atoms with E-state index in [2.05, 4.69) is 11.9 Å². The smallest absolute Gasteiger partial charge is 0.241 e. The van der Waals surface area contributed by atoms with Gasteiger partial charge in [0.2, 0.25) is 10.0 Å². The second-order valence-electron chi connectivity index (χ2n) is 4.89. The van der Waals surface area contributed by atoms with Gasteiger partial charge in [0.25, 0.3) is 0 Å². The molecule has 100 valence electrons. The highest BCUT2D eigenvalue weighted by Crippen LogP contribution is 2.25. The molecule has 0 spiro atoms. The van der Waals surface area contributed by atoms with Crippen molar-refractivity contribution in [1.29, 1.82) is 0 Å². The van der Waals surface area contributed by atoms with Crippen LogP contribution in [0.15, 0.2) is 23.2 Å². The minimum Gasteiger partial charge on any atom is -0.355 e. The second kappa shape index (κ2) is 5.24. The summed E-state index contributed by atoms with van der Waals surface area (Å²) >= 11 is 0. The maximum absolute atomic E-state index is 11.6. The topological polar surface area (TPSA) is 76.3 Å². The molecule has 0 amide bonds. The van der Waals surface area contributed by atoms with E-state index >= 15 is 0 Å². The van der Waals surface area contributed by atoms with Gasteiger partial charge in [0.1, 0.15) is 10.7 Å². The summed E-state index contributed by atoms with van der Waals surface area (Å²) in [6.45, 7) is 3.90. The lowest BCUT2D eigenvalue weighted by Gasteiger charge is -2.23. The first-order valence-corrected chi connectivity index (χ1v) is 7.76. The standard InChI is InChI=1S/C12H19N3O2S/c1-10-4-3-8-15(9-6-10)12-11(18(13,16)17)5-2-7-14-12/h2,5,7,10H,3-4,6,8-9H2,1H3,(H2,13,16,17). The highest BCUT2D eigenvalue weighted by molar-refractivity contribution is 7.89. The zero-order chi connectivity index (χ0) is 13.2. The Labute approximate surface area is 108 Å². The van der Waals surface area contributed by atoms with Crippen LogP contribution in [0.1, 0.15) is 26.2 Å². The average molecular weight is 269 g/mol. The quantitative estimate of drug-likeness (QED) is 0.879. The fourth-order valence-corrected chi connectivity index (χ4v) is 3.02. The van der Waals surface area contributed by atoms with Crippen molar-refractivity contribution in [3.63, 3.8) is 0 Å². The molecule has 0 aromatic carbocycles. The van der Waals surface area contributed by atoms with E-state index in [0.29, 0.717) is 11.7 Å². The molecule has 0 aliphatic carbocycles. The SMILES string of the molecule is CC1CCCN(c2ncccc2S(N)(=O)=O)CC1. The van der Waals surface area contributed by atoms with E-state index in [1.807, 2.05) is 4.90 Å². The molecule has 1 aromatic rings. The van der Waals surface area contributed by atoms with Gasteiger partial charge < -0.3 is 4.90 Å². The molecule has 1 saturated heterocycles. The lowest BCUT2D eigenvalue weighted by Crippen LogP contribution is -2.28. The third-order valence-electron chi connectivity index (χ3n) is 3.37. The van der Waals surface area contributed by atoms with Gasteiger partial charge in [-0.15, -0.1) is 0 Å². The van der Waals surface area contributed by atoms with Crippen LogP contribution in [0.4, 0.5) is 5.82 Å². The fraction of sp³-hybridized carbons (Fsp3) is 0.583. The maximum Gasteiger partial charge on any atom is 0.241 e. The van der Waals surface area contributed by atoms with E-state index in [4.69, 9.17) is 5.14 Å². The van der Waals surface area contributed by atoms with Crippen LogP contribution in [-0.2, 0) is 10.0 Å². The van der Waals surface area contributed by atoms with Crippen molar-refractivity contribution in [1.82, 2.24) is 4.98 Å². The molecule has 2 heterocycles. The van der Waals surface area contributed by atoms with E-state index in [1.165, 1.54) is 12.5 Å². The Hall–Kier alpha value is -1.14. The first-order chi connectivity index (χ1) is 8.48. The van der Waals surface area contributed by atoms with Crippen molar-refractivity contribution in [2.24, 2.45) is 11.1 Å². The Balaban J connectivity index is 2.33. The van der Waals surface area contributed by atoms with E-state index in [0.717, 1.165) is 25.9 Å². The third-order valence-corrected chi connectivity index (χ3v) is 4.31. The molecule has 1 aromatic heterocycles. The summed E-state index contributed by atoms with van der Waals surface area (Å²) in [5, 5.41) is 5.24. The minimum atomic E-state index is -3.71. The van der Waals surface area contributed by atoms with E-state index in [1.54, 1.807) is 12.3 Å². The fourth-order valence-electron chi connectivity index (χ4n) is 2.32. The van der Waals surface area contributed by atoms with Gasteiger partial charge in [0, 0.05) is 19.3 Å². The van der Waals surface area contributed by atoms with E-state index in [9.17, 15) is 8.42 Å². The van der Waals surface area contributed by atoms with Crippen LogP contribution >= 0.6 is 0 Å². The van der Waals surface area contributed by atoms with Crippen LogP contribution < -0.4 is 10.0 Å². The van der Waals surface area contributed by atoms with Crippen molar-refractivity contribution in [2.45, 2.75) is 31.1 Å². The minimum absolute atomic E-state index is 0.125. The van der Waals surface area contributed by atoms with Crippen LogP contribution in [0, 0.1) is 5.92 Å². The number of rotatable bonds is 2. The van der Waals surface area contributed by atoms with Gasteiger partial charge >= 0.3 is 0 Å². The van der Waals surface area contributed by atoms with Crippen molar-refractivity contribution >= 4 is 15.8 Å². The molecule has 2 rings (SSSR count). The van der Waals surface area contributed by atoms with Gasteiger partial charge in [-0.1, -0.05) is 6.92 Å². The van der Waals surface area contributed by atoms with Gasteiger partial charge in [-0.3, -0.25) is 0 Å². The first kappa shape index (κ1) is 13.3. The largest absolute Gasteiger partial charge is 0.355 e. The Kier molecular flexibility index (Phi) is 3.87. The van der Waals surface area contributed by atoms with Crippen LogP contribution in [0.2, 0.25) is 0 Å². The van der Waals surface area contributed by atoms with Crippen molar-refractivity contribution in [3.8, 4) is 0 Å². The average Bonchev–Trinajstić information content (AvgIpc) is 2.53. The molecule has 0 saturated carbocycles. The van der Waals surface area contributed by atoms with Crippen molar-refractivity contribution in [3.05, 3.63) is 18.3 Å². The number of hydrogen-bond donors (Lipinski definition) is 1. The molecule has 18 heavy (non-hydrogen) atoms. The van der Waals surface area contributed by atoms with Gasteiger partial charge in [0.15, 0.2) is 0 Å². The lowest BCUT2D eigenvalue weighted by atomic mass is 10.0. The van der Waals surface area contributed by atoms with Crippen LogP contribution in [0.3, 0.4) is 0 Å². The number of pyridine rings is 1. The van der Waals surface area contributed by atoms with Gasteiger partial charge in [-0.25, -0.2) is 18.5 Å². The Morgan fingerprint density at radius 3 is 2.89 bits per heavy atom. The summed E-state index contributed by atoms with van der Waals surface area (Å²) in [6, 6.07) is 3.12. The molecule has 1 fully saturated rings. The first-order valence-electron chi connectivity index (χ1n) is 6.21. The number of hydrogen-bond acceptors (Lipinski definition) is 4. The predicted octanol–water partition coefficient (Wildman–Crippen LogP) is 1.36. The molecule has 6 heteroatoms. The molecule has 1 atom stereocenters. The van der Waals surface area contributed by atoms with Crippen molar-refractivity contribution in [2.75, 3.05) is 18.0 Å². The summed E-state index contributed by atoms with van der Waals surface area (Å²) < 4.78 is 23.1. The molecule has 0 radical (unpaired) electrons. The van der Waals surface area contributed by atoms with E-state index < -0.39 is 10.0 Å². The molecular formula is C12H19N3O2S. The monoisotopic (exact) mass is 269 g/mol. The summed E-state index contributed by atoms with van der Waals surface area (Å²) in [4.78, 5) is 6.36. The molecule has 1 unspecified atom stereocenters. The number of sulfonamides is 1. The molecule has 1 aliphatic heterocycles. The number of aromatic nitrogens is 1. The number of primary sulfonamides is 1. The molecule has 5 nitrogen and oxygen atoms in total. The van der Waals surface area contributed by atoms with E-state index in [-0.39, 0.29) is 4.90 Å². The molecule has 1 aliphatic rings. The predicted molar refractivity (Wildman–Crippen MR) is 70.8 cm³/mol. The summed E-state index contributed by atoms with van der Waals surface area (Å²) in [6.07, 6.45) is 4.90. The second-order valence-corrected chi connectivity index (χ2v) is 6.42. The zero-order valence-electron chi connectivity index (χ0n) is 10.5. The summed E-state index contributed by atoms with van der Waals surface area (Å²) in [5.41, 5.74) is 0. The normalized spacial score (nSPS) is 21.7. The Morgan fingerprint density at radius 2 is 2.17 bits per heavy atom. The van der Waals surface area contributed by atoms with Crippen molar-refractivity contribution < 1.29 is 8.42 Å².